The molecule has 0 radical (unpaired) electrons. The normalized spacial score (nSPS) is 10.1. The average molecular weight is 328 g/mol. The molecular weight excluding hydrogens is 316 g/mol. The van der Waals surface area contributed by atoms with Gasteiger partial charge in [-0.2, -0.15) is 0 Å². The molecule has 94 valence electrons. The van der Waals surface area contributed by atoms with Crippen molar-refractivity contribution >= 4 is 27.5 Å². The molecule has 2 nitrogen and oxygen atoms in total. The molecule has 2 rings (SSSR count). The van der Waals surface area contributed by atoms with Crippen molar-refractivity contribution in [1.82, 2.24) is 0 Å². The summed E-state index contributed by atoms with van der Waals surface area (Å²) in [6.07, 6.45) is 0. The van der Waals surface area contributed by atoms with Crippen molar-refractivity contribution in [3.05, 3.63) is 58.0 Å². The van der Waals surface area contributed by atoms with Crippen molar-refractivity contribution in [2.75, 3.05) is 13.2 Å². The van der Waals surface area contributed by atoms with Crippen molar-refractivity contribution in [2.45, 2.75) is 0 Å². The first-order valence-electron chi connectivity index (χ1n) is 5.51. The lowest BCUT2D eigenvalue weighted by atomic mass is 10.3. The number of rotatable bonds is 5. The van der Waals surface area contributed by atoms with Crippen LogP contribution < -0.4 is 9.47 Å². The topological polar surface area (TPSA) is 18.5 Å². The Morgan fingerprint density at radius 1 is 0.944 bits per heavy atom. The van der Waals surface area contributed by atoms with Crippen LogP contribution in [0.15, 0.2) is 53.0 Å². The third-order valence-electron chi connectivity index (χ3n) is 2.25. The molecule has 2 aromatic rings. The number of para-hydroxylation sites is 1. The van der Waals surface area contributed by atoms with E-state index in [2.05, 4.69) is 15.9 Å². The molecule has 0 aliphatic rings. The summed E-state index contributed by atoms with van der Waals surface area (Å²) >= 11 is 9.38. The Morgan fingerprint density at radius 2 is 1.67 bits per heavy atom. The quantitative estimate of drug-likeness (QED) is 0.750. The summed E-state index contributed by atoms with van der Waals surface area (Å²) in [6.45, 7) is 0.928. The first kappa shape index (κ1) is 13.2. The van der Waals surface area contributed by atoms with Gasteiger partial charge in [0.25, 0.3) is 0 Å². The molecule has 0 aromatic heterocycles. The molecule has 0 saturated carbocycles. The highest BCUT2D eigenvalue weighted by molar-refractivity contribution is 9.10. The Labute approximate surface area is 120 Å². The summed E-state index contributed by atoms with van der Waals surface area (Å²) in [4.78, 5) is 0. The Morgan fingerprint density at radius 3 is 2.44 bits per heavy atom. The van der Waals surface area contributed by atoms with Crippen LogP contribution in [0.3, 0.4) is 0 Å². The van der Waals surface area contributed by atoms with E-state index in [9.17, 15) is 0 Å². The molecule has 4 heteroatoms. The van der Waals surface area contributed by atoms with Gasteiger partial charge in [0, 0.05) is 4.47 Å². The van der Waals surface area contributed by atoms with E-state index in [0.29, 0.717) is 24.0 Å². The SMILES string of the molecule is Clc1ccc(Br)cc1OCCOc1ccccc1. The smallest absolute Gasteiger partial charge is 0.139 e. The van der Waals surface area contributed by atoms with Crippen molar-refractivity contribution in [3.8, 4) is 11.5 Å². The van der Waals surface area contributed by atoms with Gasteiger partial charge in [-0.25, -0.2) is 0 Å². The standard InChI is InChI=1S/C14H12BrClO2/c15-11-6-7-13(16)14(10-11)18-9-8-17-12-4-2-1-3-5-12/h1-7,10H,8-9H2. The van der Waals surface area contributed by atoms with Gasteiger partial charge in [0.05, 0.1) is 5.02 Å². The highest BCUT2D eigenvalue weighted by Crippen LogP contribution is 2.27. The minimum absolute atomic E-state index is 0.449. The van der Waals surface area contributed by atoms with Crippen LogP contribution in [0.1, 0.15) is 0 Å². The highest BCUT2D eigenvalue weighted by atomic mass is 79.9. The van der Waals surface area contributed by atoms with Gasteiger partial charge in [-0.05, 0) is 30.3 Å². The maximum atomic E-state index is 6.01. The molecule has 0 amide bonds. The van der Waals surface area contributed by atoms with E-state index in [-0.39, 0.29) is 0 Å². The van der Waals surface area contributed by atoms with E-state index in [0.717, 1.165) is 10.2 Å². The zero-order valence-corrected chi connectivity index (χ0v) is 11.9. The van der Waals surface area contributed by atoms with Crippen LogP contribution in [0.5, 0.6) is 11.5 Å². The van der Waals surface area contributed by atoms with Gasteiger partial charge in [-0.3, -0.25) is 0 Å². The zero-order valence-electron chi connectivity index (χ0n) is 9.61. The third kappa shape index (κ3) is 3.93. The van der Waals surface area contributed by atoms with Crippen LogP contribution in [0.2, 0.25) is 5.02 Å². The first-order chi connectivity index (χ1) is 8.75. The second kappa shape index (κ2) is 6.66. The lowest BCUT2D eigenvalue weighted by Crippen LogP contribution is -2.09. The van der Waals surface area contributed by atoms with Crippen LogP contribution in [0.4, 0.5) is 0 Å². The van der Waals surface area contributed by atoms with Crippen LogP contribution in [-0.2, 0) is 0 Å². The molecule has 0 atom stereocenters. The van der Waals surface area contributed by atoms with Crippen LogP contribution in [0.25, 0.3) is 0 Å². The van der Waals surface area contributed by atoms with Gasteiger partial charge in [0.2, 0.25) is 0 Å². The van der Waals surface area contributed by atoms with E-state index in [1.165, 1.54) is 0 Å². The van der Waals surface area contributed by atoms with Gasteiger partial charge in [-0.1, -0.05) is 45.7 Å². The summed E-state index contributed by atoms with van der Waals surface area (Å²) in [5.74, 6) is 1.49. The van der Waals surface area contributed by atoms with E-state index in [4.69, 9.17) is 21.1 Å². The van der Waals surface area contributed by atoms with E-state index in [1.807, 2.05) is 42.5 Å². The predicted octanol–water partition coefficient (Wildman–Crippen LogP) is 4.56. The highest BCUT2D eigenvalue weighted by Gasteiger charge is 2.02. The summed E-state index contributed by atoms with van der Waals surface area (Å²) in [7, 11) is 0. The number of hydrogen-bond donors (Lipinski definition) is 0. The van der Waals surface area contributed by atoms with Crippen molar-refractivity contribution < 1.29 is 9.47 Å². The Hall–Kier alpha value is -1.19. The molecular formula is C14H12BrClO2. The van der Waals surface area contributed by atoms with Gasteiger partial charge in [0.15, 0.2) is 0 Å². The predicted molar refractivity (Wildman–Crippen MR) is 76.6 cm³/mol. The van der Waals surface area contributed by atoms with Gasteiger partial charge in [-0.15, -0.1) is 0 Å². The second-order valence-corrected chi connectivity index (χ2v) is 4.91. The lowest BCUT2D eigenvalue weighted by Gasteiger charge is -2.09. The number of hydrogen-bond acceptors (Lipinski definition) is 2. The molecule has 0 unspecified atom stereocenters. The molecule has 0 fully saturated rings. The van der Waals surface area contributed by atoms with Crippen LogP contribution >= 0.6 is 27.5 Å². The molecule has 0 saturated heterocycles. The third-order valence-corrected chi connectivity index (χ3v) is 3.05. The maximum Gasteiger partial charge on any atom is 0.139 e. The Kier molecular flexibility index (Phi) is 4.90. The van der Waals surface area contributed by atoms with Gasteiger partial charge < -0.3 is 9.47 Å². The number of benzene rings is 2. The molecule has 0 aliphatic carbocycles. The Balaban J connectivity index is 1.80. The lowest BCUT2D eigenvalue weighted by molar-refractivity contribution is 0.217. The summed E-state index contributed by atoms with van der Waals surface area (Å²) in [6, 6.07) is 15.1. The molecule has 0 N–H and O–H groups in total. The molecule has 0 bridgehead atoms. The fourth-order valence-electron chi connectivity index (χ4n) is 1.42. The largest absolute Gasteiger partial charge is 0.490 e. The van der Waals surface area contributed by atoms with E-state index in [1.54, 1.807) is 6.07 Å². The fourth-order valence-corrected chi connectivity index (χ4v) is 1.93. The Bertz CT molecular complexity index is 502. The first-order valence-corrected chi connectivity index (χ1v) is 6.68. The van der Waals surface area contributed by atoms with Crippen molar-refractivity contribution in [3.63, 3.8) is 0 Å². The zero-order chi connectivity index (χ0) is 12.8. The van der Waals surface area contributed by atoms with E-state index < -0.39 is 0 Å². The van der Waals surface area contributed by atoms with Crippen LogP contribution in [0, 0.1) is 0 Å². The second-order valence-electron chi connectivity index (χ2n) is 3.58. The molecule has 0 heterocycles. The molecule has 18 heavy (non-hydrogen) atoms. The van der Waals surface area contributed by atoms with Gasteiger partial charge in [0.1, 0.15) is 24.7 Å². The molecule has 0 aliphatic heterocycles. The fraction of sp³-hybridized carbons (Fsp3) is 0.143. The van der Waals surface area contributed by atoms with Crippen molar-refractivity contribution in [1.29, 1.82) is 0 Å². The van der Waals surface area contributed by atoms with Crippen LogP contribution in [-0.4, -0.2) is 13.2 Å². The number of halogens is 2. The minimum Gasteiger partial charge on any atom is -0.490 e. The maximum absolute atomic E-state index is 6.01. The summed E-state index contributed by atoms with van der Waals surface area (Å²) in [5.41, 5.74) is 0. The summed E-state index contributed by atoms with van der Waals surface area (Å²) in [5, 5.41) is 0.595. The summed E-state index contributed by atoms with van der Waals surface area (Å²) < 4.78 is 12.0. The van der Waals surface area contributed by atoms with E-state index >= 15 is 0 Å². The molecule has 2 aromatic carbocycles. The van der Waals surface area contributed by atoms with Gasteiger partial charge >= 0.3 is 0 Å². The molecule has 0 spiro atoms. The number of ether oxygens (including phenoxy) is 2. The monoisotopic (exact) mass is 326 g/mol. The van der Waals surface area contributed by atoms with Crippen molar-refractivity contribution in [2.24, 2.45) is 0 Å². The average Bonchev–Trinajstić information content (AvgIpc) is 2.40. The minimum atomic E-state index is 0.449.